The number of rotatable bonds is 4. The van der Waals surface area contributed by atoms with E-state index in [1.54, 1.807) is 6.07 Å². The topological polar surface area (TPSA) is 87.0 Å². The molecule has 0 saturated carbocycles. The average molecular weight is 337 g/mol. The Balaban J connectivity index is 1.72. The van der Waals surface area contributed by atoms with Crippen molar-refractivity contribution in [2.24, 2.45) is 10.2 Å². The van der Waals surface area contributed by atoms with Gasteiger partial charge in [-0.05, 0) is 38.0 Å². The van der Waals surface area contributed by atoms with E-state index < -0.39 is 5.91 Å². The number of carbonyl (C=O) groups is 1. The number of H-pyrrole nitrogens is 1. The molecule has 3 rings (SSSR count). The SMILES string of the molecule is Cc1cc(C)c(OCC(=O)N=Nc2c(O)[nH]c3ccccc23)c(C)c1. The van der Waals surface area contributed by atoms with E-state index in [1.807, 2.05) is 51.1 Å². The second-order valence-electron chi connectivity index (χ2n) is 5.98. The molecule has 2 aromatic carbocycles. The number of hydrogen-bond donors (Lipinski definition) is 2. The number of fused-ring (bicyclic) bond motifs is 1. The molecule has 128 valence electrons. The van der Waals surface area contributed by atoms with Gasteiger partial charge in [-0.3, -0.25) is 4.79 Å². The first-order valence-corrected chi connectivity index (χ1v) is 7.90. The van der Waals surface area contributed by atoms with Crippen molar-refractivity contribution in [3.05, 3.63) is 53.1 Å². The number of aromatic amines is 1. The molecule has 0 bridgehead atoms. The van der Waals surface area contributed by atoms with Gasteiger partial charge in [0.1, 0.15) is 5.75 Å². The van der Waals surface area contributed by atoms with E-state index in [2.05, 4.69) is 15.2 Å². The van der Waals surface area contributed by atoms with Gasteiger partial charge >= 0.3 is 5.91 Å². The Labute approximate surface area is 145 Å². The van der Waals surface area contributed by atoms with Crippen molar-refractivity contribution < 1.29 is 14.6 Å². The van der Waals surface area contributed by atoms with Crippen LogP contribution < -0.4 is 4.74 Å². The molecule has 1 amide bonds. The highest BCUT2D eigenvalue weighted by Crippen LogP contribution is 2.35. The van der Waals surface area contributed by atoms with Crippen molar-refractivity contribution in [1.82, 2.24) is 4.98 Å². The van der Waals surface area contributed by atoms with Crippen molar-refractivity contribution in [1.29, 1.82) is 0 Å². The summed E-state index contributed by atoms with van der Waals surface area (Å²) in [5.41, 5.74) is 4.05. The van der Waals surface area contributed by atoms with Crippen LogP contribution in [-0.4, -0.2) is 22.6 Å². The van der Waals surface area contributed by atoms with E-state index >= 15 is 0 Å². The lowest BCUT2D eigenvalue weighted by atomic mass is 10.1. The van der Waals surface area contributed by atoms with Crippen LogP contribution >= 0.6 is 0 Å². The molecule has 0 radical (unpaired) electrons. The van der Waals surface area contributed by atoms with Gasteiger partial charge in [0.05, 0.1) is 5.52 Å². The van der Waals surface area contributed by atoms with Gasteiger partial charge in [-0.25, -0.2) is 0 Å². The number of aromatic nitrogens is 1. The predicted octanol–water partition coefficient (Wildman–Crippen LogP) is 4.49. The maximum atomic E-state index is 12.0. The maximum absolute atomic E-state index is 12.0. The van der Waals surface area contributed by atoms with Crippen molar-refractivity contribution in [3.8, 4) is 11.6 Å². The summed E-state index contributed by atoms with van der Waals surface area (Å²) in [7, 11) is 0. The second-order valence-corrected chi connectivity index (χ2v) is 5.98. The average Bonchev–Trinajstić information content (AvgIpc) is 2.87. The summed E-state index contributed by atoms with van der Waals surface area (Å²) in [6.45, 7) is 5.67. The largest absolute Gasteiger partial charge is 0.493 e. The number of nitrogens with one attached hydrogen (secondary N) is 1. The van der Waals surface area contributed by atoms with Crippen LogP contribution in [0.4, 0.5) is 5.69 Å². The van der Waals surface area contributed by atoms with Crippen molar-refractivity contribution in [3.63, 3.8) is 0 Å². The Morgan fingerprint density at radius 1 is 1.16 bits per heavy atom. The molecule has 0 atom stereocenters. The first kappa shape index (κ1) is 16.7. The molecule has 0 aliphatic rings. The molecule has 3 aromatic rings. The fraction of sp³-hybridized carbons (Fsp3) is 0.211. The Hall–Kier alpha value is -3.15. The number of aryl methyl sites for hydroxylation is 3. The van der Waals surface area contributed by atoms with E-state index in [4.69, 9.17) is 4.74 Å². The smallest absolute Gasteiger partial charge is 0.302 e. The molecule has 1 heterocycles. The maximum Gasteiger partial charge on any atom is 0.302 e. The molecule has 6 heteroatoms. The molecule has 0 spiro atoms. The molecular weight excluding hydrogens is 318 g/mol. The first-order valence-electron chi connectivity index (χ1n) is 7.90. The monoisotopic (exact) mass is 337 g/mol. The quantitative estimate of drug-likeness (QED) is 0.688. The summed E-state index contributed by atoms with van der Waals surface area (Å²) in [6, 6.07) is 11.3. The van der Waals surface area contributed by atoms with Crippen molar-refractivity contribution in [2.45, 2.75) is 20.8 Å². The highest BCUT2D eigenvalue weighted by molar-refractivity contribution is 5.94. The van der Waals surface area contributed by atoms with Crippen LogP contribution in [0.5, 0.6) is 11.6 Å². The number of ether oxygens (including phenoxy) is 1. The van der Waals surface area contributed by atoms with Crippen LogP contribution in [0.15, 0.2) is 46.6 Å². The molecule has 0 unspecified atom stereocenters. The summed E-state index contributed by atoms with van der Waals surface area (Å²) in [5.74, 6) is 0.0389. The minimum Gasteiger partial charge on any atom is -0.493 e. The van der Waals surface area contributed by atoms with E-state index in [0.29, 0.717) is 11.1 Å². The van der Waals surface area contributed by atoms with Crippen LogP contribution in [0.2, 0.25) is 0 Å². The summed E-state index contributed by atoms with van der Waals surface area (Å²) in [5, 5.41) is 18.1. The molecular formula is C19H19N3O3. The van der Waals surface area contributed by atoms with Gasteiger partial charge in [0.25, 0.3) is 0 Å². The van der Waals surface area contributed by atoms with Crippen LogP contribution in [0.3, 0.4) is 0 Å². The molecule has 0 saturated heterocycles. The zero-order valence-electron chi connectivity index (χ0n) is 14.3. The minimum absolute atomic E-state index is 0.121. The third kappa shape index (κ3) is 3.52. The number of aromatic hydroxyl groups is 1. The number of benzene rings is 2. The van der Waals surface area contributed by atoms with E-state index in [9.17, 15) is 9.90 Å². The van der Waals surface area contributed by atoms with Crippen LogP contribution in [0.1, 0.15) is 16.7 Å². The van der Waals surface area contributed by atoms with Crippen LogP contribution in [0.25, 0.3) is 10.9 Å². The van der Waals surface area contributed by atoms with E-state index in [1.165, 1.54) is 0 Å². The van der Waals surface area contributed by atoms with Crippen molar-refractivity contribution in [2.75, 3.05) is 6.61 Å². The lowest BCUT2D eigenvalue weighted by Gasteiger charge is -2.11. The van der Waals surface area contributed by atoms with Gasteiger partial charge < -0.3 is 14.8 Å². The molecule has 25 heavy (non-hydrogen) atoms. The van der Waals surface area contributed by atoms with Gasteiger partial charge in [0, 0.05) is 5.39 Å². The number of azo groups is 1. The van der Waals surface area contributed by atoms with Crippen LogP contribution in [-0.2, 0) is 4.79 Å². The number of carbonyl (C=O) groups excluding carboxylic acids is 1. The van der Waals surface area contributed by atoms with Gasteiger partial charge in [-0.2, -0.15) is 0 Å². The number of para-hydroxylation sites is 1. The summed E-state index contributed by atoms with van der Waals surface area (Å²) < 4.78 is 5.60. The van der Waals surface area contributed by atoms with Gasteiger partial charge in [0.15, 0.2) is 12.3 Å². The second kappa shape index (κ2) is 6.76. The fourth-order valence-corrected chi connectivity index (χ4v) is 2.88. The van der Waals surface area contributed by atoms with E-state index in [-0.39, 0.29) is 18.2 Å². The standard InChI is InChI=1S/C19H19N3O3/c1-11-8-12(2)18(13(3)9-11)25-10-16(23)21-22-17-14-6-4-5-7-15(14)20-19(17)24/h4-9,20,24H,10H2,1-3H3. The third-order valence-corrected chi connectivity index (χ3v) is 3.87. The fourth-order valence-electron chi connectivity index (χ4n) is 2.88. The van der Waals surface area contributed by atoms with Crippen LogP contribution in [0, 0.1) is 20.8 Å². The zero-order chi connectivity index (χ0) is 18.0. The number of nitrogens with zero attached hydrogens (tertiary/aromatic N) is 2. The highest BCUT2D eigenvalue weighted by Gasteiger charge is 2.11. The lowest BCUT2D eigenvalue weighted by molar-refractivity contribution is -0.120. The number of hydrogen-bond acceptors (Lipinski definition) is 4. The normalized spacial score (nSPS) is 11.3. The molecule has 0 fully saturated rings. The Bertz CT molecular complexity index is 950. The number of amides is 1. The minimum atomic E-state index is -0.524. The lowest BCUT2D eigenvalue weighted by Crippen LogP contribution is -2.09. The molecule has 0 aliphatic carbocycles. The summed E-state index contributed by atoms with van der Waals surface area (Å²) >= 11 is 0. The Morgan fingerprint density at radius 3 is 2.56 bits per heavy atom. The highest BCUT2D eigenvalue weighted by atomic mass is 16.5. The predicted molar refractivity (Wildman–Crippen MR) is 95.6 cm³/mol. The summed E-state index contributed by atoms with van der Waals surface area (Å²) in [6.07, 6.45) is 0. The molecule has 2 N–H and O–H groups in total. The molecule has 1 aromatic heterocycles. The van der Waals surface area contributed by atoms with Crippen molar-refractivity contribution >= 4 is 22.5 Å². The summed E-state index contributed by atoms with van der Waals surface area (Å²) in [4.78, 5) is 14.8. The Morgan fingerprint density at radius 2 is 1.84 bits per heavy atom. The third-order valence-electron chi connectivity index (χ3n) is 3.87. The molecule has 6 nitrogen and oxygen atoms in total. The molecule has 0 aliphatic heterocycles. The first-order chi connectivity index (χ1) is 12.0. The zero-order valence-corrected chi connectivity index (χ0v) is 14.3. The Kier molecular flexibility index (Phi) is 4.52. The van der Waals surface area contributed by atoms with Gasteiger partial charge in [-0.1, -0.05) is 35.9 Å². The van der Waals surface area contributed by atoms with Gasteiger partial charge in [-0.15, -0.1) is 10.2 Å². The van der Waals surface area contributed by atoms with Gasteiger partial charge in [0.2, 0.25) is 5.88 Å². The van der Waals surface area contributed by atoms with E-state index in [0.717, 1.165) is 22.2 Å².